The normalized spacial score (nSPS) is 34.5. The van der Waals surface area contributed by atoms with E-state index >= 15 is 0 Å². The first-order chi connectivity index (χ1) is 5.79. The number of hydrogen-bond acceptors (Lipinski definition) is 1. The van der Waals surface area contributed by atoms with Crippen molar-refractivity contribution in [1.29, 1.82) is 0 Å². The monoisotopic (exact) mass is 169 g/mol. The number of rotatable bonds is 0. The van der Waals surface area contributed by atoms with Crippen molar-refractivity contribution >= 4 is 0 Å². The molecule has 2 unspecified atom stereocenters. The SMILES string of the molecule is CC1CCCCCCCC(C)N1. The highest BCUT2D eigenvalue weighted by molar-refractivity contribution is 4.69. The van der Waals surface area contributed by atoms with E-state index < -0.39 is 0 Å². The fourth-order valence-electron chi connectivity index (χ4n) is 2.08. The van der Waals surface area contributed by atoms with Gasteiger partial charge in [0.1, 0.15) is 0 Å². The topological polar surface area (TPSA) is 12.0 Å². The molecular weight excluding hydrogens is 146 g/mol. The van der Waals surface area contributed by atoms with Gasteiger partial charge in [-0.15, -0.1) is 0 Å². The van der Waals surface area contributed by atoms with Crippen LogP contribution in [0.2, 0.25) is 0 Å². The van der Waals surface area contributed by atoms with E-state index in [2.05, 4.69) is 19.2 Å². The summed E-state index contributed by atoms with van der Waals surface area (Å²) in [5, 5.41) is 3.65. The third-order valence-corrected chi connectivity index (χ3v) is 2.84. The van der Waals surface area contributed by atoms with Gasteiger partial charge in [-0.3, -0.25) is 0 Å². The van der Waals surface area contributed by atoms with E-state index in [4.69, 9.17) is 0 Å². The fourth-order valence-corrected chi connectivity index (χ4v) is 2.08. The van der Waals surface area contributed by atoms with E-state index in [0.717, 1.165) is 12.1 Å². The lowest BCUT2D eigenvalue weighted by molar-refractivity contribution is 0.387. The lowest BCUT2D eigenvalue weighted by Gasteiger charge is -2.21. The molecule has 0 amide bonds. The van der Waals surface area contributed by atoms with Gasteiger partial charge in [-0.25, -0.2) is 0 Å². The molecule has 2 atom stereocenters. The standard InChI is InChI=1S/C11H23N/c1-10-8-6-4-3-5-7-9-11(2)12-10/h10-12H,3-9H2,1-2H3. The highest BCUT2D eigenvalue weighted by Crippen LogP contribution is 2.13. The summed E-state index contributed by atoms with van der Waals surface area (Å²) in [6, 6.07) is 1.47. The van der Waals surface area contributed by atoms with E-state index in [0.29, 0.717) is 0 Å². The van der Waals surface area contributed by atoms with Gasteiger partial charge in [0.15, 0.2) is 0 Å². The van der Waals surface area contributed by atoms with Gasteiger partial charge >= 0.3 is 0 Å². The summed E-state index contributed by atoms with van der Waals surface area (Å²) < 4.78 is 0. The molecule has 0 aliphatic carbocycles. The number of hydrogen-bond donors (Lipinski definition) is 1. The second kappa shape index (κ2) is 5.58. The number of nitrogens with one attached hydrogen (secondary N) is 1. The predicted molar refractivity (Wildman–Crippen MR) is 54.4 cm³/mol. The van der Waals surface area contributed by atoms with Crippen LogP contribution in [0.3, 0.4) is 0 Å². The van der Waals surface area contributed by atoms with Gasteiger partial charge < -0.3 is 5.32 Å². The van der Waals surface area contributed by atoms with Crippen LogP contribution in [0.4, 0.5) is 0 Å². The Hall–Kier alpha value is -0.0400. The van der Waals surface area contributed by atoms with Crippen molar-refractivity contribution in [2.24, 2.45) is 0 Å². The molecule has 1 N–H and O–H groups in total. The fraction of sp³-hybridized carbons (Fsp3) is 1.00. The Labute approximate surface area is 76.9 Å². The van der Waals surface area contributed by atoms with Crippen LogP contribution in [0, 0.1) is 0 Å². The van der Waals surface area contributed by atoms with E-state index in [1.165, 1.54) is 44.9 Å². The van der Waals surface area contributed by atoms with Crippen molar-refractivity contribution < 1.29 is 0 Å². The van der Waals surface area contributed by atoms with Crippen LogP contribution in [-0.2, 0) is 0 Å². The van der Waals surface area contributed by atoms with Crippen molar-refractivity contribution in [3.05, 3.63) is 0 Å². The Kier molecular flexibility index (Phi) is 4.67. The molecule has 0 spiro atoms. The molecule has 1 rings (SSSR count). The lowest BCUT2D eigenvalue weighted by Crippen LogP contribution is -2.34. The molecule has 0 aromatic carbocycles. The quantitative estimate of drug-likeness (QED) is 0.587. The molecule has 1 aliphatic rings. The summed E-state index contributed by atoms with van der Waals surface area (Å²) in [6.07, 6.45) is 9.91. The van der Waals surface area contributed by atoms with Crippen molar-refractivity contribution in [2.45, 2.75) is 70.9 Å². The second-order valence-electron chi connectivity index (χ2n) is 4.31. The van der Waals surface area contributed by atoms with Crippen molar-refractivity contribution in [3.63, 3.8) is 0 Å². The van der Waals surface area contributed by atoms with Gasteiger partial charge in [0.2, 0.25) is 0 Å². The maximum Gasteiger partial charge on any atom is 0.00412 e. The van der Waals surface area contributed by atoms with Crippen molar-refractivity contribution in [1.82, 2.24) is 5.32 Å². The van der Waals surface area contributed by atoms with E-state index in [9.17, 15) is 0 Å². The molecule has 1 heterocycles. The Balaban J connectivity index is 2.24. The zero-order valence-corrected chi connectivity index (χ0v) is 8.60. The zero-order valence-electron chi connectivity index (χ0n) is 8.60. The molecule has 1 aliphatic heterocycles. The highest BCUT2D eigenvalue weighted by atomic mass is 14.9. The average molecular weight is 169 g/mol. The summed E-state index contributed by atoms with van der Waals surface area (Å²) in [7, 11) is 0. The molecule has 1 nitrogen and oxygen atoms in total. The molecule has 1 heteroatoms. The van der Waals surface area contributed by atoms with Crippen LogP contribution in [-0.4, -0.2) is 12.1 Å². The maximum atomic E-state index is 3.65. The van der Waals surface area contributed by atoms with Gasteiger partial charge in [0.05, 0.1) is 0 Å². The van der Waals surface area contributed by atoms with Crippen LogP contribution < -0.4 is 5.32 Å². The molecular formula is C11H23N. The molecule has 1 fully saturated rings. The second-order valence-corrected chi connectivity index (χ2v) is 4.31. The Morgan fingerprint density at radius 2 is 1.17 bits per heavy atom. The minimum Gasteiger partial charge on any atom is -0.312 e. The minimum atomic E-state index is 0.734. The van der Waals surface area contributed by atoms with Crippen molar-refractivity contribution in [3.8, 4) is 0 Å². The predicted octanol–water partition coefficient (Wildman–Crippen LogP) is 3.10. The van der Waals surface area contributed by atoms with Gasteiger partial charge in [0, 0.05) is 12.1 Å². The average Bonchev–Trinajstić information content (AvgIpc) is 2.02. The summed E-state index contributed by atoms with van der Waals surface area (Å²) in [6.45, 7) is 4.64. The molecule has 0 aromatic heterocycles. The molecule has 0 radical (unpaired) electrons. The first-order valence-corrected chi connectivity index (χ1v) is 5.55. The van der Waals surface area contributed by atoms with Crippen LogP contribution in [0.1, 0.15) is 58.8 Å². The van der Waals surface area contributed by atoms with Crippen LogP contribution in [0.15, 0.2) is 0 Å². The van der Waals surface area contributed by atoms with E-state index in [1.54, 1.807) is 0 Å². The Bertz CT molecular complexity index is 99.6. The molecule has 0 aromatic rings. The minimum absolute atomic E-state index is 0.734. The molecule has 72 valence electrons. The zero-order chi connectivity index (χ0) is 8.81. The molecule has 0 bridgehead atoms. The summed E-state index contributed by atoms with van der Waals surface area (Å²) in [5.41, 5.74) is 0. The van der Waals surface area contributed by atoms with Gasteiger partial charge in [0.25, 0.3) is 0 Å². The first kappa shape index (κ1) is 10.0. The Morgan fingerprint density at radius 3 is 1.67 bits per heavy atom. The van der Waals surface area contributed by atoms with Gasteiger partial charge in [-0.05, 0) is 26.7 Å². The maximum absolute atomic E-state index is 3.65. The molecule has 1 saturated heterocycles. The van der Waals surface area contributed by atoms with Gasteiger partial charge in [-0.2, -0.15) is 0 Å². The summed E-state index contributed by atoms with van der Waals surface area (Å²) >= 11 is 0. The van der Waals surface area contributed by atoms with E-state index in [1.807, 2.05) is 0 Å². The van der Waals surface area contributed by atoms with Gasteiger partial charge in [-0.1, -0.05) is 32.1 Å². The van der Waals surface area contributed by atoms with Crippen LogP contribution in [0.5, 0.6) is 0 Å². The Morgan fingerprint density at radius 1 is 0.750 bits per heavy atom. The molecule has 12 heavy (non-hydrogen) atoms. The van der Waals surface area contributed by atoms with Crippen molar-refractivity contribution in [2.75, 3.05) is 0 Å². The third-order valence-electron chi connectivity index (χ3n) is 2.84. The smallest absolute Gasteiger partial charge is 0.00412 e. The largest absolute Gasteiger partial charge is 0.312 e. The lowest BCUT2D eigenvalue weighted by atomic mass is 10.0. The van der Waals surface area contributed by atoms with Crippen LogP contribution in [0.25, 0.3) is 0 Å². The summed E-state index contributed by atoms with van der Waals surface area (Å²) in [4.78, 5) is 0. The summed E-state index contributed by atoms with van der Waals surface area (Å²) in [5.74, 6) is 0. The van der Waals surface area contributed by atoms with Crippen LogP contribution >= 0.6 is 0 Å². The first-order valence-electron chi connectivity index (χ1n) is 5.55. The third kappa shape index (κ3) is 4.10. The highest BCUT2D eigenvalue weighted by Gasteiger charge is 2.08. The molecule has 0 saturated carbocycles. The van der Waals surface area contributed by atoms with E-state index in [-0.39, 0.29) is 0 Å².